The Kier molecular flexibility index (Phi) is 26.3. The molecule has 0 radical (unpaired) electrons. The van der Waals surface area contributed by atoms with Gasteiger partial charge in [0.15, 0.2) is 0 Å². The van der Waals surface area contributed by atoms with Gasteiger partial charge in [0.1, 0.15) is 6.10 Å². The van der Waals surface area contributed by atoms with E-state index in [2.05, 4.69) is 26.0 Å². The molecule has 0 aliphatic rings. The van der Waals surface area contributed by atoms with Crippen LogP contribution in [-0.2, 0) is 9.47 Å². The van der Waals surface area contributed by atoms with Crippen LogP contribution in [0.3, 0.4) is 0 Å². The molecule has 0 bridgehead atoms. The summed E-state index contributed by atoms with van der Waals surface area (Å²) in [5.74, 6) is 0. The zero-order valence-corrected chi connectivity index (χ0v) is 20.6. The molecule has 0 aromatic carbocycles. The van der Waals surface area contributed by atoms with E-state index in [-0.39, 0.29) is 12.7 Å². The predicted octanol–water partition coefficient (Wildman–Crippen LogP) is 8.00. The number of aliphatic hydroxyl groups is 1. The number of rotatable bonds is 25. The summed E-state index contributed by atoms with van der Waals surface area (Å²) in [6.45, 7) is 6.63. The SMILES string of the molecule is CCCCCC/C=C\CCCCCCCCOC(CO)COCCCCCCCC. The van der Waals surface area contributed by atoms with Crippen LogP contribution in [-0.4, -0.2) is 37.6 Å². The van der Waals surface area contributed by atoms with Gasteiger partial charge < -0.3 is 14.6 Å². The Morgan fingerprint density at radius 1 is 0.600 bits per heavy atom. The van der Waals surface area contributed by atoms with Crippen LogP contribution in [0.5, 0.6) is 0 Å². The van der Waals surface area contributed by atoms with Crippen molar-refractivity contribution in [2.75, 3.05) is 26.4 Å². The van der Waals surface area contributed by atoms with Crippen molar-refractivity contribution in [2.45, 2.75) is 136 Å². The minimum atomic E-state index is -0.154. The molecular weight excluding hydrogens is 372 g/mol. The van der Waals surface area contributed by atoms with Crippen LogP contribution in [0.4, 0.5) is 0 Å². The molecule has 0 aliphatic carbocycles. The van der Waals surface area contributed by atoms with Gasteiger partial charge in [0.05, 0.1) is 13.2 Å². The van der Waals surface area contributed by atoms with E-state index in [0.717, 1.165) is 26.1 Å². The summed E-state index contributed by atoms with van der Waals surface area (Å²) in [5, 5.41) is 9.43. The molecular formula is C27H54O3. The average molecular weight is 427 g/mol. The van der Waals surface area contributed by atoms with Crippen molar-refractivity contribution in [1.82, 2.24) is 0 Å². The van der Waals surface area contributed by atoms with Crippen molar-refractivity contribution in [3.8, 4) is 0 Å². The van der Waals surface area contributed by atoms with Crippen molar-refractivity contribution < 1.29 is 14.6 Å². The first-order chi connectivity index (χ1) is 14.8. The summed E-state index contributed by atoms with van der Waals surface area (Å²) in [4.78, 5) is 0. The van der Waals surface area contributed by atoms with Crippen molar-refractivity contribution in [2.24, 2.45) is 0 Å². The van der Waals surface area contributed by atoms with Gasteiger partial charge in [0, 0.05) is 13.2 Å². The van der Waals surface area contributed by atoms with Crippen LogP contribution < -0.4 is 0 Å². The molecule has 0 fully saturated rings. The maximum absolute atomic E-state index is 9.43. The Labute approximate surface area is 189 Å². The third-order valence-corrected chi connectivity index (χ3v) is 5.66. The second-order valence-electron chi connectivity index (χ2n) is 8.75. The van der Waals surface area contributed by atoms with Crippen molar-refractivity contribution >= 4 is 0 Å². The Bertz CT molecular complexity index is 330. The molecule has 0 aromatic heterocycles. The van der Waals surface area contributed by atoms with Crippen molar-refractivity contribution in [3.05, 3.63) is 12.2 Å². The number of aliphatic hydroxyl groups excluding tert-OH is 1. The minimum Gasteiger partial charge on any atom is -0.394 e. The van der Waals surface area contributed by atoms with Gasteiger partial charge in [0.25, 0.3) is 0 Å². The number of allylic oxidation sites excluding steroid dienone is 2. The van der Waals surface area contributed by atoms with Crippen molar-refractivity contribution in [3.63, 3.8) is 0 Å². The molecule has 0 amide bonds. The lowest BCUT2D eigenvalue weighted by Gasteiger charge is -2.15. The second-order valence-corrected chi connectivity index (χ2v) is 8.75. The maximum Gasteiger partial charge on any atom is 0.104 e. The molecule has 0 heterocycles. The molecule has 0 aliphatic heterocycles. The number of ether oxygens (including phenoxy) is 2. The zero-order chi connectivity index (χ0) is 22.0. The monoisotopic (exact) mass is 426 g/mol. The Morgan fingerprint density at radius 2 is 1.07 bits per heavy atom. The maximum atomic E-state index is 9.43. The van der Waals surface area contributed by atoms with E-state index < -0.39 is 0 Å². The van der Waals surface area contributed by atoms with Crippen LogP contribution >= 0.6 is 0 Å². The molecule has 0 aromatic rings. The van der Waals surface area contributed by atoms with E-state index in [0.29, 0.717) is 6.61 Å². The van der Waals surface area contributed by atoms with E-state index >= 15 is 0 Å². The van der Waals surface area contributed by atoms with Gasteiger partial charge in [-0.2, -0.15) is 0 Å². The number of hydrogen-bond donors (Lipinski definition) is 1. The van der Waals surface area contributed by atoms with Gasteiger partial charge in [-0.25, -0.2) is 0 Å². The molecule has 3 heteroatoms. The molecule has 0 rings (SSSR count). The van der Waals surface area contributed by atoms with E-state index in [1.165, 1.54) is 103 Å². The van der Waals surface area contributed by atoms with Gasteiger partial charge in [0.2, 0.25) is 0 Å². The lowest BCUT2D eigenvalue weighted by molar-refractivity contribution is -0.0437. The summed E-state index contributed by atoms with van der Waals surface area (Å²) in [6, 6.07) is 0. The van der Waals surface area contributed by atoms with Crippen LogP contribution in [0.25, 0.3) is 0 Å². The first-order valence-corrected chi connectivity index (χ1v) is 13.3. The largest absolute Gasteiger partial charge is 0.394 e. The third kappa shape index (κ3) is 23.9. The van der Waals surface area contributed by atoms with Crippen LogP contribution in [0.15, 0.2) is 12.2 Å². The van der Waals surface area contributed by atoms with Crippen LogP contribution in [0.1, 0.15) is 129 Å². The fourth-order valence-corrected chi connectivity index (χ4v) is 3.60. The topological polar surface area (TPSA) is 38.7 Å². The average Bonchev–Trinajstić information content (AvgIpc) is 2.76. The van der Waals surface area contributed by atoms with Gasteiger partial charge in [-0.3, -0.25) is 0 Å². The highest BCUT2D eigenvalue weighted by Gasteiger charge is 2.07. The minimum absolute atomic E-state index is 0.0582. The quantitative estimate of drug-likeness (QED) is 0.119. The summed E-state index contributed by atoms with van der Waals surface area (Å²) >= 11 is 0. The second kappa shape index (κ2) is 26.7. The molecule has 1 atom stereocenters. The predicted molar refractivity (Wildman–Crippen MR) is 131 cm³/mol. The summed E-state index contributed by atoms with van der Waals surface area (Å²) in [7, 11) is 0. The van der Waals surface area contributed by atoms with Crippen LogP contribution in [0, 0.1) is 0 Å². The van der Waals surface area contributed by atoms with Crippen molar-refractivity contribution in [1.29, 1.82) is 0 Å². The first-order valence-electron chi connectivity index (χ1n) is 13.3. The fraction of sp³-hybridized carbons (Fsp3) is 0.926. The molecule has 3 nitrogen and oxygen atoms in total. The Balaban J connectivity index is 3.30. The summed E-state index contributed by atoms with van der Waals surface area (Å²) in [6.07, 6.45) is 27.8. The lowest BCUT2D eigenvalue weighted by Crippen LogP contribution is -2.24. The molecule has 1 N–H and O–H groups in total. The number of hydrogen-bond acceptors (Lipinski definition) is 3. The summed E-state index contributed by atoms with van der Waals surface area (Å²) in [5.41, 5.74) is 0. The highest BCUT2D eigenvalue weighted by molar-refractivity contribution is 4.81. The standard InChI is InChI=1S/C27H54O3/c1-3-5-7-9-11-12-13-14-15-16-17-18-20-22-24-30-27(25-28)26-29-23-21-19-10-8-6-4-2/h12-13,27-28H,3-11,14-26H2,1-2H3/b13-12-. The Morgan fingerprint density at radius 3 is 1.63 bits per heavy atom. The lowest BCUT2D eigenvalue weighted by atomic mass is 10.1. The van der Waals surface area contributed by atoms with E-state index in [4.69, 9.17) is 9.47 Å². The smallest absolute Gasteiger partial charge is 0.104 e. The molecule has 0 saturated heterocycles. The van der Waals surface area contributed by atoms with E-state index in [1.807, 2.05) is 0 Å². The van der Waals surface area contributed by atoms with Gasteiger partial charge >= 0.3 is 0 Å². The van der Waals surface area contributed by atoms with Gasteiger partial charge in [-0.15, -0.1) is 0 Å². The van der Waals surface area contributed by atoms with Gasteiger partial charge in [-0.1, -0.05) is 103 Å². The molecule has 1 unspecified atom stereocenters. The fourth-order valence-electron chi connectivity index (χ4n) is 3.60. The highest BCUT2D eigenvalue weighted by atomic mass is 16.5. The highest BCUT2D eigenvalue weighted by Crippen LogP contribution is 2.10. The summed E-state index contributed by atoms with van der Waals surface area (Å²) < 4.78 is 11.5. The normalized spacial score (nSPS) is 12.8. The van der Waals surface area contributed by atoms with E-state index in [9.17, 15) is 5.11 Å². The zero-order valence-electron chi connectivity index (χ0n) is 20.6. The molecule has 0 saturated carbocycles. The third-order valence-electron chi connectivity index (χ3n) is 5.66. The Hall–Kier alpha value is -0.380. The molecule has 30 heavy (non-hydrogen) atoms. The van der Waals surface area contributed by atoms with E-state index in [1.54, 1.807) is 0 Å². The van der Waals surface area contributed by atoms with Gasteiger partial charge in [-0.05, 0) is 38.5 Å². The number of unbranched alkanes of at least 4 members (excludes halogenated alkanes) is 15. The molecule has 0 spiro atoms. The van der Waals surface area contributed by atoms with Crippen LogP contribution in [0.2, 0.25) is 0 Å². The molecule has 180 valence electrons. The first kappa shape index (κ1) is 29.6.